The average molecular weight is 249 g/mol. The largest absolute Gasteiger partial charge is 0.480 e. The Bertz CT molecular complexity index is 400. The van der Waals surface area contributed by atoms with Crippen molar-refractivity contribution in [1.82, 2.24) is 10.2 Å². The summed E-state index contributed by atoms with van der Waals surface area (Å²) in [5.74, 6) is 0.402. The van der Waals surface area contributed by atoms with Gasteiger partial charge in [0.1, 0.15) is 11.4 Å². The van der Waals surface area contributed by atoms with Gasteiger partial charge in [-0.2, -0.15) is 5.10 Å². The van der Waals surface area contributed by atoms with E-state index in [0.717, 1.165) is 19.3 Å². The highest BCUT2D eigenvalue weighted by atomic mass is 16.4. The van der Waals surface area contributed by atoms with E-state index >= 15 is 0 Å². The maximum Gasteiger partial charge on any atom is 0.329 e. The summed E-state index contributed by atoms with van der Waals surface area (Å²) in [5.41, 5.74) is -0.873. The first-order valence-electron chi connectivity index (χ1n) is 6.45. The Morgan fingerprint density at radius 3 is 2.78 bits per heavy atom. The molecule has 5 nitrogen and oxygen atoms in total. The van der Waals surface area contributed by atoms with Crippen LogP contribution in [0.3, 0.4) is 0 Å². The smallest absolute Gasteiger partial charge is 0.329 e. The molecule has 1 aromatic heterocycles. The molecular formula is C13H19N3O2. The molecule has 18 heavy (non-hydrogen) atoms. The van der Waals surface area contributed by atoms with Gasteiger partial charge in [-0.1, -0.05) is 13.3 Å². The Morgan fingerprint density at radius 1 is 1.56 bits per heavy atom. The van der Waals surface area contributed by atoms with Gasteiger partial charge in [0.25, 0.3) is 0 Å². The molecule has 0 spiro atoms. The molecule has 98 valence electrons. The van der Waals surface area contributed by atoms with Crippen LogP contribution in [-0.2, 0) is 4.79 Å². The minimum atomic E-state index is -0.873. The minimum Gasteiger partial charge on any atom is -0.480 e. The van der Waals surface area contributed by atoms with E-state index in [1.165, 1.54) is 0 Å². The lowest BCUT2D eigenvalue weighted by Crippen LogP contribution is -2.49. The second-order valence-corrected chi connectivity index (χ2v) is 4.97. The monoisotopic (exact) mass is 249 g/mol. The molecule has 0 amide bonds. The maximum atomic E-state index is 11.6. The predicted octanol–water partition coefficient (Wildman–Crippen LogP) is 2.31. The lowest BCUT2D eigenvalue weighted by Gasteiger charge is -2.37. The first-order valence-corrected chi connectivity index (χ1v) is 6.45. The lowest BCUT2D eigenvalue weighted by molar-refractivity contribution is -0.143. The number of aromatic nitrogens is 2. The number of nitrogens with zero attached hydrogens (tertiary/aromatic N) is 2. The normalized spacial score (nSPS) is 27.7. The van der Waals surface area contributed by atoms with Crippen molar-refractivity contribution in [3.8, 4) is 0 Å². The van der Waals surface area contributed by atoms with Gasteiger partial charge < -0.3 is 10.4 Å². The number of anilines is 1. The van der Waals surface area contributed by atoms with Crippen LogP contribution < -0.4 is 5.32 Å². The summed E-state index contributed by atoms with van der Waals surface area (Å²) < 4.78 is 0. The zero-order chi connectivity index (χ0) is 13.0. The number of carboxylic acid groups (broad SMARTS) is 1. The van der Waals surface area contributed by atoms with E-state index in [0.29, 0.717) is 24.6 Å². The maximum absolute atomic E-state index is 11.6. The third-order valence-corrected chi connectivity index (χ3v) is 3.89. The molecule has 0 radical (unpaired) electrons. The van der Waals surface area contributed by atoms with Crippen LogP contribution in [0.15, 0.2) is 18.3 Å². The van der Waals surface area contributed by atoms with Gasteiger partial charge in [0, 0.05) is 6.20 Å². The quantitative estimate of drug-likeness (QED) is 0.856. The van der Waals surface area contributed by atoms with Crippen LogP contribution in [0, 0.1) is 5.92 Å². The van der Waals surface area contributed by atoms with Gasteiger partial charge in [-0.05, 0) is 43.7 Å². The molecule has 0 saturated heterocycles. The zero-order valence-electron chi connectivity index (χ0n) is 10.6. The van der Waals surface area contributed by atoms with Crippen LogP contribution in [0.5, 0.6) is 0 Å². The summed E-state index contributed by atoms with van der Waals surface area (Å²) in [6, 6.07) is 3.51. The molecule has 0 unspecified atom stereocenters. The van der Waals surface area contributed by atoms with E-state index in [-0.39, 0.29) is 0 Å². The molecule has 1 aliphatic carbocycles. The summed E-state index contributed by atoms with van der Waals surface area (Å²) >= 11 is 0. The number of nitrogens with one attached hydrogen (secondary N) is 1. The van der Waals surface area contributed by atoms with Crippen molar-refractivity contribution < 1.29 is 9.90 Å². The highest BCUT2D eigenvalue weighted by molar-refractivity contribution is 5.82. The Labute approximate surface area is 107 Å². The highest BCUT2D eigenvalue weighted by Crippen LogP contribution is 2.35. The van der Waals surface area contributed by atoms with Gasteiger partial charge in [0.2, 0.25) is 0 Å². The van der Waals surface area contributed by atoms with Crippen LogP contribution in [0.2, 0.25) is 0 Å². The van der Waals surface area contributed by atoms with Gasteiger partial charge in [-0.15, -0.1) is 5.10 Å². The van der Waals surface area contributed by atoms with E-state index in [1.54, 1.807) is 18.3 Å². The Kier molecular flexibility index (Phi) is 3.79. The molecule has 0 atom stereocenters. The first-order chi connectivity index (χ1) is 8.66. The van der Waals surface area contributed by atoms with Crippen molar-refractivity contribution in [2.45, 2.75) is 44.6 Å². The topological polar surface area (TPSA) is 75.1 Å². The SMILES string of the molecule is CCC1CCC(Nc2cccnn2)(C(=O)O)CC1. The Balaban J connectivity index is 2.12. The zero-order valence-corrected chi connectivity index (χ0v) is 10.6. The molecule has 1 saturated carbocycles. The van der Waals surface area contributed by atoms with Gasteiger partial charge in [-0.25, -0.2) is 4.79 Å². The predicted molar refractivity (Wildman–Crippen MR) is 68.3 cm³/mol. The standard InChI is InChI=1S/C13H19N3O2/c1-2-10-5-7-13(8-6-10,12(17)18)15-11-4-3-9-14-16-11/h3-4,9-10H,2,5-8H2,1H3,(H,15,16)(H,17,18). The third kappa shape index (κ3) is 2.60. The van der Waals surface area contributed by atoms with Crippen LogP contribution in [-0.4, -0.2) is 26.8 Å². The molecule has 0 bridgehead atoms. The second kappa shape index (κ2) is 5.33. The van der Waals surface area contributed by atoms with E-state index in [9.17, 15) is 9.90 Å². The first kappa shape index (κ1) is 12.8. The molecule has 2 rings (SSSR count). The van der Waals surface area contributed by atoms with Crippen molar-refractivity contribution in [1.29, 1.82) is 0 Å². The number of rotatable bonds is 4. The van der Waals surface area contributed by atoms with Crippen molar-refractivity contribution in [3.05, 3.63) is 18.3 Å². The molecular weight excluding hydrogens is 230 g/mol. The fourth-order valence-corrected chi connectivity index (χ4v) is 2.58. The Morgan fingerprint density at radius 2 is 2.28 bits per heavy atom. The number of hydrogen-bond acceptors (Lipinski definition) is 4. The average Bonchev–Trinajstić information content (AvgIpc) is 2.40. The fourth-order valence-electron chi connectivity index (χ4n) is 2.58. The molecule has 1 fully saturated rings. The summed E-state index contributed by atoms with van der Waals surface area (Å²) in [7, 11) is 0. The highest BCUT2D eigenvalue weighted by Gasteiger charge is 2.41. The second-order valence-electron chi connectivity index (χ2n) is 4.97. The molecule has 2 N–H and O–H groups in total. The number of hydrogen-bond donors (Lipinski definition) is 2. The van der Waals surface area contributed by atoms with Gasteiger partial charge in [0.05, 0.1) is 0 Å². The van der Waals surface area contributed by atoms with E-state index in [1.807, 2.05) is 0 Å². The van der Waals surface area contributed by atoms with E-state index in [2.05, 4.69) is 22.4 Å². The van der Waals surface area contributed by atoms with E-state index in [4.69, 9.17) is 0 Å². The van der Waals surface area contributed by atoms with Crippen molar-refractivity contribution in [2.75, 3.05) is 5.32 Å². The molecule has 1 heterocycles. The molecule has 5 heteroatoms. The molecule has 1 aliphatic rings. The number of carboxylic acids is 1. The Hall–Kier alpha value is -1.65. The summed E-state index contributed by atoms with van der Waals surface area (Å²) in [5, 5.41) is 20.2. The van der Waals surface area contributed by atoms with Crippen LogP contribution >= 0.6 is 0 Å². The number of aliphatic carboxylic acids is 1. The van der Waals surface area contributed by atoms with Crippen molar-refractivity contribution in [2.24, 2.45) is 5.92 Å². The van der Waals surface area contributed by atoms with Gasteiger partial charge in [0.15, 0.2) is 0 Å². The third-order valence-electron chi connectivity index (χ3n) is 3.89. The summed E-state index contributed by atoms with van der Waals surface area (Å²) in [6.45, 7) is 2.16. The van der Waals surface area contributed by atoms with Crippen LogP contribution in [0.25, 0.3) is 0 Å². The van der Waals surface area contributed by atoms with Crippen LogP contribution in [0.4, 0.5) is 5.82 Å². The molecule has 1 aromatic rings. The summed E-state index contributed by atoms with van der Waals surface area (Å²) in [4.78, 5) is 11.6. The van der Waals surface area contributed by atoms with Crippen molar-refractivity contribution >= 4 is 11.8 Å². The van der Waals surface area contributed by atoms with Gasteiger partial charge >= 0.3 is 5.97 Å². The van der Waals surface area contributed by atoms with Crippen molar-refractivity contribution in [3.63, 3.8) is 0 Å². The van der Waals surface area contributed by atoms with Gasteiger partial charge in [-0.3, -0.25) is 0 Å². The lowest BCUT2D eigenvalue weighted by atomic mass is 9.75. The molecule has 0 aromatic carbocycles. The van der Waals surface area contributed by atoms with E-state index < -0.39 is 11.5 Å². The molecule has 0 aliphatic heterocycles. The fraction of sp³-hybridized carbons (Fsp3) is 0.615. The van der Waals surface area contributed by atoms with Crippen LogP contribution in [0.1, 0.15) is 39.0 Å². The minimum absolute atomic E-state index is 0.537. The summed E-state index contributed by atoms with van der Waals surface area (Å²) in [6.07, 6.45) is 5.91. The number of carbonyl (C=O) groups is 1.